The van der Waals surface area contributed by atoms with Gasteiger partial charge in [0, 0.05) is 75.2 Å². The minimum Gasteiger partial charge on any atom is -0.475 e. The lowest BCUT2D eigenvalue weighted by Crippen LogP contribution is -2.61. The van der Waals surface area contributed by atoms with Gasteiger partial charge in [-0.05, 0) is 75.3 Å². The molecule has 1 aromatic heterocycles. The summed E-state index contributed by atoms with van der Waals surface area (Å²) in [6, 6.07) is 8.70. The molecular weight excluding hydrogens is 673 g/mol. The molecule has 9 nitrogen and oxygen atoms in total. The lowest BCUT2D eigenvalue weighted by Gasteiger charge is -2.52. The number of likely N-dealkylation sites (tertiary alicyclic amines) is 2. The average Bonchev–Trinajstić information content (AvgIpc) is 3.15. The Labute approximate surface area is 305 Å². The van der Waals surface area contributed by atoms with Gasteiger partial charge in [0.05, 0.1) is 11.1 Å². The fourth-order valence-corrected chi connectivity index (χ4v) is 9.45. The predicted molar refractivity (Wildman–Crippen MR) is 192 cm³/mol. The second-order valence-corrected chi connectivity index (χ2v) is 15.7. The lowest BCUT2D eigenvalue weighted by atomic mass is 9.75. The molecule has 1 aromatic carbocycles. The van der Waals surface area contributed by atoms with Gasteiger partial charge in [0.25, 0.3) is 5.91 Å². The number of aliphatic carboxylic acids is 1. The maximum Gasteiger partial charge on any atom is 0.490 e. The van der Waals surface area contributed by atoms with Crippen LogP contribution in [-0.2, 0) is 22.4 Å². The Morgan fingerprint density at radius 2 is 1.63 bits per heavy atom. The van der Waals surface area contributed by atoms with Crippen LogP contribution in [0.15, 0.2) is 24.3 Å². The van der Waals surface area contributed by atoms with Crippen molar-refractivity contribution in [2.75, 3.05) is 39.3 Å². The number of carbonyl (C=O) groups excluding carboxylic acids is 2. The first kappa shape index (κ1) is 38.3. The lowest BCUT2D eigenvalue weighted by molar-refractivity contribution is -0.192. The van der Waals surface area contributed by atoms with Crippen LogP contribution in [0, 0.1) is 11.8 Å². The van der Waals surface area contributed by atoms with Crippen molar-refractivity contribution >= 4 is 28.9 Å². The quantitative estimate of drug-likeness (QED) is 0.308. The van der Waals surface area contributed by atoms with Gasteiger partial charge in [0.15, 0.2) is 0 Å². The maximum absolute atomic E-state index is 14.1. The molecule has 5 aliphatic rings. The molecule has 12 heteroatoms. The number of hydrogen-bond acceptors (Lipinski definition) is 6. The molecule has 1 N–H and O–H groups in total. The van der Waals surface area contributed by atoms with Crippen LogP contribution in [0.5, 0.6) is 0 Å². The summed E-state index contributed by atoms with van der Waals surface area (Å²) < 4.78 is 38.2. The molecule has 4 heterocycles. The van der Waals surface area contributed by atoms with Gasteiger partial charge in [-0.3, -0.25) is 14.7 Å². The second kappa shape index (κ2) is 16.7. The molecule has 7 rings (SSSR count). The number of para-hydroxylation sites is 1. The van der Waals surface area contributed by atoms with Crippen molar-refractivity contribution in [1.82, 2.24) is 19.7 Å². The number of ether oxygens (including phenoxy) is 1. The number of carboxylic acid groups (broad SMARTS) is 1. The normalized spacial score (nSPS) is 23.2. The van der Waals surface area contributed by atoms with Gasteiger partial charge < -0.3 is 19.6 Å². The molecule has 286 valence electrons. The third kappa shape index (κ3) is 8.69. The number of amides is 2. The summed E-state index contributed by atoms with van der Waals surface area (Å²) in [7, 11) is 0. The van der Waals surface area contributed by atoms with E-state index < -0.39 is 12.1 Å². The number of piperidine rings is 2. The van der Waals surface area contributed by atoms with E-state index in [1.807, 2.05) is 12.1 Å². The zero-order valence-electron chi connectivity index (χ0n) is 30.6. The van der Waals surface area contributed by atoms with Crippen molar-refractivity contribution in [3.05, 3.63) is 41.1 Å². The summed E-state index contributed by atoms with van der Waals surface area (Å²) in [4.78, 5) is 48.2. The molecule has 52 heavy (non-hydrogen) atoms. The van der Waals surface area contributed by atoms with Crippen molar-refractivity contribution in [2.24, 2.45) is 11.8 Å². The van der Waals surface area contributed by atoms with E-state index in [-0.39, 0.29) is 17.6 Å². The number of rotatable bonds is 7. The van der Waals surface area contributed by atoms with Gasteiger partial charge in [0.2, 0.25) is 0 Å². The monoisotopic (exact) mass is 728 g/mol. The van der Waals surface area contributed by atoms with Crippen molar-refractivity contribution in [1.29, 1.82) is 0 Å². The van der Waals surface area contributed by atoms with Crippen molar-refractivity contribution < 1.29 is 37.4 Å². The zero-order valence-corrected chi connectivity index (χ0v) is 30.6. The van der Waals surface area contributed by atoms with Crippen LogP contribution >= 0.6 is 0 Å². The van der Waals surface area contributed by atoms with E-state index in [1.165, 1.54) is 50.5 Å². The Hall–Kier alpha value is -3.41. The number of pyridine rings is 1. The summed E-state index contributed by atoms with van der Waals surface area (Å²) in [5, 5.41) is 8.14. The van der Waals surface area contributed by atoms with E-state index in [9.17, 15) is 22.8 Å². The Bertz CT molecular complexity index is 1560. The molecule has 2 aromatic rings. The summed E-state index contributed by atoms with van der Waals surface area (Å²) in [5.74, 6) is -1.48. The molecule has 1 atom stereocenters. The molecule has 3 aliphatic heterocycles. The van der Waals surface area contributed by atoms with Gasteiger partial charge >= 0.3 is 18.2 Å². The van der Waals surface area contributed by atoms with E-state index in [1.54, 1.807) is 0 Å². The number of benzene rings is 1. The van der Waals surface area contributed by atoms with Crippen LogP contribution in [0.4, 0.5) is 18.0 Å². The summed E-state index contributed by atoms with van der Waals surface area (Å²) >= 11 is 0. The third-order valence-corrected chi connectivity index (χ3v) is 12.4. The maximum atomic E-state index is 14.1. The number of unbranched alkanes of at least 4 members (excludes halogenated alkanes) is 1. The minimum atomic E-state index is -5.08. The Kier molecular flexibility index (Phi) is 12.3. The first-order chi connectivity index (χ1) is 25.0. The molecule has 1 saturated carbocycles. The Morgan fingerprint density at radius 1 is 0.962 bits per heavy atom. The van der Waals surface area contributed by atoms with E-state index in [0.717, 1.165) is 119 Å². The number of fused-ring (bicyclic) bond motifs is 2. The van der Waals surface area contributed by atoms with Gasteiger partial charge in [0.1, 0.15) is 5.60 Å². The van der Waals surface area contributed by atoms with Crippen molar-refractivity contribution in [3.8, 4) is 0 Å². The number of hydrogen-bond donors (Lipinski definition) is 1. The summed E-state index contributed by atoms with van der Waals surface area (Å²) in [5.41, 5.74) is 3.91. The van der Waals surface area contributed by atoms with E-state index in [2.05, 4.69) is 33.8 Å². The number of carboxylic acids is 1. The topological polar surface area (TPSA) is 103 Å². The minimum absolute atomic E-state index is 0.0561. The van der Waals surface area contributed by atoms with Crippen molar-refractivity contribution in [3.63, 3.8) is 0 Å². The van der Waals surface area contributed by atoms with Gasteiger partial charge in [-0.15, -0.1) is 0 Å². The number of aromatic nitrogens is 1. The highest BCUT2D eigenvalue weighted by atomic mass is 19.4. The molecule has 4 fully saturated rings. The second-order valence-electron chi connectivity index (χ2n) is 15.7. The van der Waals surface area contributed by atoms with Crippen molar-refractivity contribution in [2.45, 2.75) is 127 Å². The largest absolute Gasteiger partial charge is 0.490 e. The number of halogens is 3. The zero-order chi connectivity index (χ0) is 36.9. The molecule has 3 saturated heterocycles. The van der Waals surface area contributed by atoms with Crippen LogP contribution < -0.4 is 0 Å². The molecule has 1 unspecified atom stereocenters. The molecule has 1 spiro atoms. The van der Waals surface area contributed by atoms with Gasteiger partial charge in [-0.2, -0.15) is 13.2 Å². The molecule has 2 aliphatic carbocycles. The van der Waals surface area contributed by atoms with Crippen LogP contribution in [0.1, 0.15) is 118 Å². The smallest absolute Gasteiger partial charge is 0.475 e. The van der Waals surface area contributed by atoms with Gasteiger partial charge in [-0.1, -0.05) is 57.2 Å². The first-order valence-corrected chi connectivity index (χ1v) is 19.7. The molecular formula is C40H55F3N4O5. The van der Waals surface area contributed by atoms with E-state index in [0.29, 0.717) is 17.9 Å². The summed E-state index contributed by atoms with van der Waals surface area (Å²) in [6.07, 6.45) is 13.0. The highest BCUT2D eigenvalue weighted by molar-refractivity contribution is 6.07. The molecule has 2 amide bonds. The summed E-state index contributed by atoms with van der Waals surface area (Å²) in [6.45, 7) is 7.62. The fraction of sp³-hybridized carbons (Fsp3) is 0.700. The van der Waals surface area contributed by atoms with Crippen LogP contribution in [0.25, 0.3) is 10.9 Å². The highest BCUT2D eigenvalue weighted by Gasteiger charge is 2.50. The van der Waals surface area contributed by atoms with Crippen LogP contribution in [0.2, 0.25) is 0 Å². The molecule has 0 radical (unpaired) electrons. The standard InChI is InChI=1S/C38H54N4O3.C2HF3O2/c1-2-3-13-29-27-42(26-28-11-5-4-6-12-28)37(44)45-38(29)20-24-40(25-21-38)30-18-22-41(23-19-30)36(43)35-31-14-7-9-16-33(31)39-34-17-10-8-15-32(34)35;3-2(4,5)1(6)7/h7,9,14,16,28-30H,2-6,8,10-13,15,17-27H2,1H3;(H,6,7). The van der Waals surface area contributed by atoms with E-state index in [4.69, 9.17) is 19.6 Å². The predicted octanol–water partition coefficient (Wildman–Crippen LogP) is 8.03. The average molecular weight is 729 g/mol. The van der Waals surface area contributed by atoms with Gasteiger partial charge in [-0.25, -0.2) is 9.59 Å². The number of nitrogens with zero attached hydrogens (tertiary/aromatic N) is 4. The van der Waals surface area contributed by atoms with E-state index >= 15 is 0 Å². The fourth-order valence-electron chi connectivity index (χ4n) is 9.45. The number of aryl methyl sites for hydroxylation is 1. The highest BCUT2D eigenvalue weighted by Crippen LogP contribution is 2.42. The van der Waals surface area contributed by atoms with Crippen LogP contribution in [0.3, 0.4) is 0 Å². The van der Waals surface area contributed by atoms with Crippen LogP contribution in [-0.4, -0.2) is 99.8 Å². The third-order valence-electron chi connectivity index (χ3n) is 12.4. The number of carbonyl (C=O) groups is 3. The Morgan fingerprint density at radius 3 is 2.31 bits per heavy atom. The SMILES string of the molecule is CCCCC1CN(CC2CCCCC2)C(=O)OC12CCN(C1CCN(C(=O)c3c4c(nc5ccccc35)CCCC4)CC1)CC2.O=C(O)C(F)(F)F. The first-order valence-electron chi connectivity index (χ1n) is 19.7. The molecule has 0 bridgehead atoms. The Balaban J connectivity index is 0.000000604. The number of alkyl halides is 3.